The van der Waals surface area contributed by atoms with Crippen molar-refractivity contribution in [1.82, 2.24) is 0 Å². The standard InChI is InChI=1S/C26H42N2S3/c1-6-10-12-21(8-3)17-28(18-22(9-4)13-11-7-2)26-15-14-24(31-26)25-16-23(19-30-25)27-20(5)29/h14-16,19,21-22H,6-13,17-18H2,1-5H3,(H,27,29). The number of rotatable bonds is 15. The summed E-state index contributed by atoms with van der Waals surface area (Å²) in [6.07, 6.45) is 10.5. The molecule has 0 saturated carbocycles. The molecule has 2 nitrogen and oxygen atoms in total. The zero-order chi connectivity index (χ0) is 22.6. The molecule has 0 spiro atoms. The highest BCUT2D eigenvalue weighted by Crippen LogP contribution is 2.39. The summed E-state index contributed by atoms with van der Waals surface area (Å²) in [6, 6.07) is 6.90. The lowest BCUT2D eigenvalue weighted by Gasteiger charge is -2.31. The van der Waals surface area contributed by atoms with E-state index in [1.807, 2.05) is 18.3 Å². The van der Waals surface area contributed by atoms with Gasteiger partial charge >= 0.3 is 0 Å². The van der Waals surface area contributed by atoms with E-state index in [2.05, 4.69) is 61.5 Å². The van der Waals surface area contributed by atoms with Crippen LogP contribution in [0.2, 0.25) is 0 Å². The zero-order valence-corrected chi connectivity index (χ0v) is 22.7. The van der Waals surface area contributed by atoms with E-state index >= 15 is 0 Å². The van der Waals surface area contributed by atoms with Gasteiger partial charge in [0.15, 0.2) is 0 Å². The van der Waals surface area contributed by atoms with Gasteiger partial charge in [-0.2, -0.15) is 0 Å². The van der Waals surface area contributed by atoms with Crippen molar-refractivity contribution >= 4 is 50.6 Å². The summed E-state index contributed by atoms with van der Waals surface area (Å²) >= 11 is 8.95. The van der Waals surface area contributed by atoms with Crippen molar-refractivity contribution in [2.45, 2.75) is 86.0 Å². The van der Waals surface area contributed by atoms with Gasteiger partial charge in [-0.3, -0.25) is 0 Å². The Morgan fingerprint density at radius 3 is 2.10 bits per heavy atom. The molecule has 2 rings (SSSR count). The van der Waals surface area contributed by atoms with Crippen molar-refractivity contribution in [2.75, 3.05) is 23.3 Å². The highest BCUT2D eigenvalue weighted by molar-refractivity contribution is 7.80. The number of unbranched alkanes of at least 4 members (excludes halogenated alkanes) is 2. The fourth-order valence-corrected chi connectivity index (χ4v) is 6.16. The second-order valence-electron chi connectivity index (χ2n) is 8.76. The predicted molar refractivity (Wildman–Crippen MR) is 148 cm³/mol. The van der Waals surface area contributed by atoms with Crippen LogP contribution in [0.5, 0.6) is 0 Å². The molecule has 1 N–H and O–H groups in total. The summed E-state index contributed by atoms with van der Waals surface area (Å²) in [5.41, 5.74) is 1.11. The largest absolute Gasteiger partial charge is 0.363 e. The highest BCUT2D eigenvalue weighted by Gasteiger charge is 2.19. The molecule has 0 aliphatic rings. The Balaban J connectivity index is 2.19. The van der Waals surface area contributed by atoms with E-state index in [0.717, 1.165) is 22.5 Å². The normalized spacial score (nSPS) is 13.2. The van der Waals surface area contributed by atoms with Gasteiger partial charge in [0, 0.05) is 28.2 Å². The first kappa shape index (κ1) is 26.3. The minimum Gasteiger partial charge on any atom is -0.363 e. The topological polar surface area (TPSA) is 15.3 Å². The number of nitrogens with zero attached hydrogens (tertiary/aromatic N) is 1. The average molecular weight is 479 g/mol. The SMILES string of the molecule is CCCCC(CC)CN(CC(CC)CCCC)c1ccc(-c2cc(NC(C)=S)cs2)s1. The molecule has 5 heteroatoms. The third kappa shape index (κ3) is 8.86. The lowest BCUT2D eigenvalue weighted by Crippen LogP contribution is -2.33. The van der Waals surface area contributed by atoms with Gasteiger partial charge in [-0.15, -0.1) is 22.7 Å². The van der Waals surface area contributed by atoms with Crippen LogP contribution in [0, 0.1) is 11.8 Å². The van der Waals surface area contributed by atoms with E-state index in [1.54, 1.807) is 11.3 Å². The van der Waals surface area contributed by atoms with Crippen LogP contribution in [-0.4, -0.2) is 18.1 Å². The Morgan fingerprint density at radius 1 is 0.968 bits per heavy atom. The lowest BCUT2D eigenvalue weighted by atomic mass is 9.96. The molecule has 0 aliphatic heterocycles. The summed E-state index contributed by atoms with van der Waals surface area (Å²) in [5, 5.41) is 6.87. The number of nitrogens with one attached hydrogen (secondary N) is 1. The van der Waals surface area contributed by atoms with Crippen LogP contribution in [0.3, 0.4) is 0 Å². The smallest absolute Gasteiger partial charge is 0.0915 e. The van der Waals surface area contributed by atoms with Crippen LogP contribution in [0.1, 0.15) is 86.0 Å². The summed E-state index contributed by atoms with van der Waals surface area (Å²) < 4.78 is 0. The first-order valence-electron chi connectivity index (χ1n) is 12.2. The van der Waals surface area contributed by atoms with Gasteiger partial charge in [-0.1, -0.05) is 78.4 Å². The first-order chi connectivity index (χ1) is 15.0. The minimum atomic E-state index is 0.789. The Bertz CT molecular complexity index is 746. The maximum atomic E-state index is 5.19. The second kappa shape index (κ2) is 14.3. The monoisotopic (exact) mass is 478 g/mol. The molecule has 0 aliphatic carbocycles. The van der Waals surface area contributed by atoms with E-state index in [0.29, 0.717) is 0 Å². The zero-order valence-electron chi connectivity index (χ0n) is 20.2. The fourth-order valence-electron chi connectivity index (χ4n) is 4.08. The summed E-state index contributed by atoms with van der Waals surface area (Å²) in [7, 11) is 0. The molecular formula is C26H42N2S3. The molecule has 2 heterocycles. The van der Waals surface area contributed by atoms with Crippen molar-refractivity contribution in [3.05, 3.63) is 23.6 Å². The number of hydrogen-bond acceptors (Lipinski definition) is 4. The molecule has 0 amide bonds. The Labute approximate surface area is 204 Å². The first-order valence-corrected chi connectivity index (χ1v) is 14.3. The Hall–Kier alpha value is -0.910. The van der Waals surface area contributed by atoms with Crippen LogP contribution in [0.25, 0.3) is 9.75 Å². The van der Waals surface area contributed by atoms with Crippen molar-refractivity contribution in [2.24, 2.45) is 11.8 Å². The van der Waals surface area contributed by atoms with E-state index in [1.165, 1.54) is 79.2 Å². The Morgan fingerprint density at radius 2 is 1.58 bits per heavy atom. The van der Waals surface area contributed by atoms with Crippen LogP contribution >= 0.6 is 34.9 Å². The maximum Gasteiger partial charge on any atom is 0.0915 e. The molecule has 0 aromatic carbocycles. The molecule has 0 bridgehead atoms. The maximum absolute atomic E-state index is 5.19. The van der Waals surface area contributed by atoms with Crippen molar-refractivity contribution in [1.29, 1.82) is 0 Å². The van der Waals surface area contributed by atoms with E-state index in [-0.39, 0.29) is 0 Å². The molecule has 0 saturated heterocycles. The Kier molecular flexibility index (Phi) is 12.1. The third-order valence-corrected chi connectivity index (χ3v) is 8.48. The molecule has 174 valence electrons. The van der Waals surface area contributed by atoms with Crippen LogP contribution in [-0.2, 0) is 0 Å². The fraction of sp³-hybridized carbons (Fsp3) is 0.654. The number of anilines is 2. The molecule has 2 unspecified atom stereocenters. The number of thiophene rings is 2. The van der Waals surface area contributed by atoms with Crippen LogP contribution in [0.15, 0.2) is 23.6 Å². The summed E-state index contributed by atoms with van der Waals surface area (Å²) in [6.45, 7) is 13.7. The van der Waals surface area contributed by atoms with Crippen LogP contribution < -0.4 is 10.2 Å². The molecule has 2 aromatic rings. The van der Waals surface area contributed by atoms with Gasteiger partial charge < -0.3 is 10.2 Å². The minimum absolute atomic E-state index is 0.789. The van der Waals surface area contributed by atoms with Crippen LogP contribution in [0.4, 0.5) is 10.7 Å². The van der Waals surface area contributed by atoms with E-state index < -0.39 is 0 Å². The molecule has 2 atom stereocenters. The van der Waals surface area contributed by atoms with Gasteiger partial charge in [-0.25, -0.2) is 0 Å². The van der Waals surface area contributed by atoms with Crippen molar-refractivity contribution < 1.29 is 0 Å². The molecule has 0 radical (unpaired) electrons. The third-order valence-electron chi connectivity index (χ3n) is 6.11. The number of thiocarbonyl (C=S) groups is 1. The lowest BCUT2D eigenvalue weighted by molar-refractivity contribution is 0.404. The molecule has 2 aromatic heterocycles. The second-order valence-corrected chi connectivity index (χ2v) is 11.3. The van der Waals surface area contributed by atoms with Gasteiger partial charge in [0.05, 0.1) is 15.7 Å². The van der Waals surface area contributed by atoms with Gasteiger partial charge in [0.1, 0.15) is 0 Å². The average Bonchev–Trinajstić information content (AvgIpc) is 3.42. The van der Waals surface area contributed by atoms with Crippen molar-refractivity contribution in [3.8, 4) is 9.75 Å². The predicted octanol–water partition coefficient (Wildman–Crippen LogP) is 9.47. The summed E-state index contributed by atoms with van der Waals surface area (Å²) in [4.78, 5) is 6.22. The van der Waals surface area contributed by atoms with Gasteiger partial charge in [-0.05, 0) is 49.8 Å². The molecular weight excluding hydrogens is 437 g/mol. The van der Waals surface area contributed by atoms with E-state index in [9.17, 15) is 0 Å². The highest BCUT2D eigenvalue weighted by atomic mass is 32.1. The summed E-state index contributed by atoms with van der Waals surface area (Å²) in [5.74, 6) is 1.58. The van der Waals surface area contributed by atoms with Crippen molar-refractivity contribution in [3.63, 3.8) is 0 Å². The van der Waals surface area contributed by atoms with Gasteiger partial charge in [0.25, 0.3) is 0 Å². The number of hydrogen-bond donors (Lipinski definition) is 1. The van der Waals surface area contributed by atoms with Gasteiger partial charge in [0.2, 0.25) is 0 Å². The quantitative estimate of drug-likeness (QED) is 0.257. The molecule has 0 fully saturated rings. The van der Waals surface area contributed by atoms with E-state index in [4.69, 9.17) is 12.2 Å². The molecule has 31 heavy (non-hydrogen) atoms.